The van der Waals surface area contributed by atoms with Gasteiger partial charge in [0.1, 0.15) is 25.8 Å². The van der Waals surface area contributed by atoms with Gasteiger partial charge in [0.15, 0.2) is 127 Å². The van der Waals surface area contributed by atoms with Crippen LogP contribution in [0.4, 0.5) is 45.0 Å². The fourth-order valence-electron chi connectivity index (χ4n) is 12.3. The van der Waals surface area contributed by atoms with Gasteiger partial charge in [-0.05, 0) is 398 Å². The van der Waals surface area contributed by atoms with E-state index in [9.17, 15) is 57.4 Å². The highest BCUT2D eigenvalue weighted by Crippen LogP contribution is 2.45. The normalized spacial score (nSPS) is 14.7. The lowest BCUT2D eigenvalue weighted by molar-refractivity contribution is -0.132. The highest BCUT2D eigenvalue weighted by molar-refractivity contribution is 9.12. The number of aryl methyl sites for hydroxylation is 1. The molecule has 12 aromatic rings. The molecule has 6 aromatic heterocycles. The van der Waals surface area contributed by atoms with Crippen LogP contribution in [0.1, 0.15) is 66.8 Å². The molecule has 0 unspecified atom stereocenters. The van der Waals surface area contributed by atoms with Crippen LogP contribution >= 0.6 is 210 Å². The number of fused-ring (bicyclic) bond motifs is 6. The Balaban J connectivity index is 0.000000145. The largest absolute Gasteiger partial charge is 0.506 e. The highest BCUT2D eigenvalue weighted by atomic mass is 79.9. The number of ether oxygens (including phenoxy) is 10. The third kappa shape index (κ3) is 29.2. The van der Waals surface area contributed by atoms with E-state index in [1.807, 2.05) is 50.2 Å². The average molecular weight is 2720 g/mol. The number of hydrogen-bond donors (Lipinski definition) is 7. The maximum Gasteiger partial charge on any atom is 0.308 e. The Labute approximate surface area is 922 Å². The number of rotatable bonds is 11. The number of amides is 6. The zero-order valence-electron chi connectivity index (χ0n) is 73.9. The predicted molar refractivity (Wildman–Crippen MR) is 573 cm³/mol. The number of esters is 4. The second-order valence-electron chi connectivity index (χ2n) is 29.5. The second-order valence-corrected chi connectivity index (χ2v) is 40.1. The monoisotopic (exact) mass is 2710 g/mol. The van der Waals surface area contributed by atoms with Gasteiger partial charge in [0.05, 0.1) is 44.7 Å². The van der Waals surface area contributed by atoms with Crippen LogP contribution in [-0.4, -0.2) is 108 Å². The van der Waals surface area contributed by atoms with Crippen molar-refractivity contribution in [3.8, 4) is 63.2 Å². The maximum atomic E-state index is 13.1. The summed E-state index contributed by atoms with van der Waals surface area (Å²) in [7, 11) is 3.94. The number of aromatic nitrogens is 6. The molecule has 49 heteroatoms. The Hall–Kier alpha value is -12.2. The molecule has 6 amide bonds. The van der Waals surface area contributed by atoms with Crippen molar-refractivity contribution in [2.45, 2.75) is 34.6 Å². The number of anilines is 7. The van der Waals surface area contributed by atoms with Crippen molar-refractivity contribution < 1.29 is 105 Å². The minimum absolute atomic E-state index is 0.0138. The van der Waals surface area contributed by atoms with Gasteiger partial charge in [0.25, 0.3) is 35.4 Å². The van der Waals surface area contributed by atoms with E-state index in [0.29, 0.717) is 151 Å². The lowest BCUT2D eigenvalue weighted by Gasteiger charge is -2.19. The van der Waals surface area contributed by atoms with Gasteiger partial charge in [0.2, 0.25) is 5.95 Å². The summed E-state index contributed by atoms with van der Waals surface area (Å²) in [6.07, 6.45) is 9.46. The Morgan fingerprint density at radius 3 is 0.819 bits per heavy atom. The Bertz CT molecular complexity index is 6830. The molecule has 0 saturated heterocycles. The molecule has 18 rings (SSSR count). The molecular formula is C95H60Br11Cl3FN13O21. The number of benzene rings is 6. The summed E-state index contributed by atoms with van der Waals surface area (Å²) in [5.41, 5.74) is 6.04. The van der Waals surface area contributed by atoms with Crippen LogP contribution in [0.25, 0.3) is 36.5 Å². The van der Waals surface area contributed by atoms with Crippen molar-refractivity contribution in [2.24, 2.45) is 0 Å². The SMILES string of the molecule is CC(=O)Oc1c(Br)cc(/C=C2\Oc3ccc(Br)nc3NC2=O)cc1Br.CC(=O)Oc1c(Br)cc(/C=C2\Oc3ccc(C)nc3NC2=O)cc1Br.CC(=O)Oc1c(Br)cc(/C=C2\Oc3ccc(Cl)nc3NC2=O)cc1Br.CC(=O)Oc1c(Br)cc(/C=C2\Oc3ccc(F)nc3NC2=O)cc1Br.CN(C)c1ccc(/C=C2\Oc3ccc(Cl)nc3NC2=O)cc1.O=C1Nc2nc(Cl)ccc2O/C1=C\c1cc(Br)c(O)c(Br)c1. The van der Waals surface area contributed by atoms with Gasteiger partial charge in [-0.2, -0.15) is 9.37 Å². The number of aromatic hydroxyl groups is 1. The molecule has 7 N–H and O–H groups in total. The molecule has 6 aliphatic heterocycles. The first-order valence-electron chi connectivity index (χ1n) is 40.5. The topological polar surface area (TPSA) is 436 Å². The minimum atomic E-state index is -0.719. The second kappa shape index (κ2) is 48.7. The number of nitrogens with zero attached hydrogens (tertiary/aromatic N) is 7. The van der Waals surface area contributed by atoms with Crippen LogP contribution in [0.15, 0.2) is 242 Å². The Morgan fingerprint density at radius 2 is 0.549 bits per heavy atom. The average Bonchev–Trinajstić information content (AvgIpc) is 0.814. The molecule has 6 aliphatic rings. The highest BCUT2D eigenvalue weighted by Gasteiger charge is 2.32. The molecule has 0 fully saturated rings. The van der Waals surface area contributed by atoms with Gasteiger partial charge in [-0.15, -0.1) is 0 Å². The number of carbonyl (C=O) groups excluding carboxylic acids is 10. The third-order valence-electron chi connectivity index (χ3n) is 18.5. The minimum Gasteiger partial charge on any atom is -0.506 e. The van der Waals surface area contributed by atoms with Crippen LogP contribution in [0.2, 0.25) is 15.5 Å². The molecule has 34 nitrogen and oxygen atoms in total. The van der Waals surface area contributed by atoms with Crippen molar-refractivity contribution in [1.29, 1.82) is 0 Å². The van der Waals surface area contributed by atoms with Crippen molar-refractivity contribution in [3.05, 3.63) is 302 Å². The standard InChI is InChI=1S/C17H12Br2N2O4.C16H9Br3N2O4.C16H9Br2ClN2O4.C16H9Br2FN2O4.C16H14ClN3O2.C14H7Br2ClN2O3/c1-8-3-4-13-16(20-8)21-17(23)14(25-13)7-10-5-11(18)15(12(19)6-10)24-9(2)22;3*1-7(22)24-14-9(17)4-8(5-10(14)18)6-12-16(23)21-15-11(25-12)2-3-13(19)20-15;1-20(2)11-5-3-10(4-6-11)9-13-16(21)19-15-12(22-13)7-8-14(17)18-15;15-7-3-6(4-8(16)12(7)20)5-10-14(21)19-13-9(22-10)1-2-11(17)18-13/h3-7H,1-2H3,(H,20,21,23);3*2-6H,1H3,(H,20,21,23);3-9H,1-2H3,(H,18,19,21);1-5,20H,(H,18,19,21)/b14-7-;3*12-6-;13-9-;10-5-. The number of hydrogen-bond acceptors (Lipinski definition) is 28. The van der Waals surface area contributed by atoms with Crippen LogP contribution in [0.3, 0.4) is 0 Å². The maximum absolute atomic E-state index is 13.1. The van der Waals surface area contributed by atoms with E-state index in [4.69, 9.17) is 82.2 Å². The zero-order chi connectivity index (χ0) is 104. The van der Waals surface area contributed by atoms with Gasteiger partial charge in [0, 0.05) is 53.2 Å². The molecule has 144 heavy (non-hydrogen) atoms. The van der Waals surface area contributed by atoms with Gasteiger partial charge in [-0.25, -0.2) is 24.9 Å². The van der Waals surface area contributed by atoms with E-state index in [2.05, 4.69) is 237 Å². The smallest absolute Gasteiger partial charge is 0.308 e. The van der Waals surface area contributed by atoms with Crippen molar-refractivity contribution >= 4 is 346 Å². The van der Waals surface area contributed by atoms with Crippen LogP contribution in [0, 0.1) is 12.9 Å². The first-order valence-corrected chi connectivity index (χ1v) is 50.4. The van der Waals surface area contributed by atoms with Gasteiger partial charge >= 0.3 is 23.9 Å². The van der Waals surface area contributed by atoms with E-state index < -0.39 is 53.5 Å². The Morgan fingerprint density at radius 1 is 0.319 bits per heavy atom. The van der Waals surface area contributed by atoms with E-state index >= 15 is 0 Å². The molecule has 0 saturated carbocycles. The fraction of sp³-hybridized carbons (Fsp3) is 0.0737. The van der Waals surface area contributed by atoms with Gasteiger partial charge < -0.3 is 89.3 Å². The zero-order valence-corrected chi connectivity index (χ0v) is 93.6. The van der Waals surface area contributed by atoms with E-state index in [1.165, 1.54) is 39.8 Å². The summed E-state index contributed by atoms with van der Waals surface area (Å²) in [4.78, 5) is 143. The molecule has 0 atom stereocenters. The number of phenols is 1. The summed E-state index contributed by atoms with van der Waals surface area (Å²) in [6, 6.07) is 43.8. The van der Waals surface area contributed by atoms with Crippen molar-refractivity contribution in [2.75, 3.05) is 50.9 Å². The number of pyridine rings is 6. The molecule has 0 aliphatic carbocycles. The first-order chi connectivity index (χ1) is 68.3. The third-order valence-corrected chi connectivity index (χ3v) is 25.5. The van der Waals surface area contributed by atoms with Gasteiger partial charge in [-0.3, -0.25) is 47.9 Å². The van der Waals surface area contributed by atoms with Crippen molar-refractivity contribution in [3.63, 3.8) is 0 Å². The summed E-state index contributed by atoms with van der Waals surface area (Å²) in [5, 5.41) is 26.2. The molecule has 0 bridgehead atoms. The molecule has 6 aromatic carbocycles. The lowest BCUT2D eigenvalue weighted by atomic mass is 10.1. The molecule has 12 heterocycles. The van der Waals surface area contributed by atoms with E-state index in [-0.39, 0.29) is 85.6 Å². The van der Waals surface area contributed by atoms with E-state index in [0.717, 1.165) is 23.0 Å². The summed E-state index contributed by atoms with van der Waals surface area (Å²) < 4.78 is 73.0. The number of phenolic OH excluding ortho intramolecular Hbond substituents is 1. The molecular weight excluding hydrogens is 2660 g/mol. The van der Waals surface area contributed by atoms with Gasteiger partial charge in [-0.1, -0.05) is 46.9 Å². The summed E-state index contributed by atoms with van der Waals surface area (Å²) >= 11 is 53.8. The summed E-state index contributed by atoms with van der Waals surface area (Å²) in [6.45, 7) is 7.08. The van der Waals surface area contributed by atoms with Crippen LogP contribution < -0.4 is 84.2 Å². The predicted octanol–water partition coefficient (Wildman–Crippen LogP) is 25.0. The molecule has 0 radical (unpaired) electrons. The quantitative estimate of drug-likeness (QED) is 0.0274. The number of nitrogens with one attached hydrogen (secondary N) is 6. The van der Waals surface area contributed by atoms with Crippen LogP contribution in [0.5, 0.6) is 63.2 Å². The van der Waals surface area contributed by atoms with Crippen LogP contribution in [-0.2, 0) is 47.9 Å². The summed E-state index contributed by atoms with van der Waals surface area (Å²) in [5.74, 6) is 1.23. The molecule has 736 valence electrons. The number of halogens is 15. The number of carbonyl (C=O) groups is 10. The first kappa shape index (κ1) is 109. The molecule has 0 spiro atoms. The Kier molecular flexibility index (Phi) is 36.9. The van der Waals surface area contributed by atoms with Crippen molar-refractivity contribution in [1.82, 2.24) is 29.9 Å². The fourth-order valence-corrected chi connectivity index (χ4v) is 19.8. The van der Waals surface area contributed by atoms with E-state index in [1.54, 1.807) is 152 Å². The lowest BCUT2D eigenvalue weighted by Crippen LogP contribution is -2.24.